The molecule has 0 aliphatic rings. The van der Waals surface area contributed by atoms with Gasteiger partial charge in [-0.05, 0) is 44.6 Å². The van der Waals surface area contributed by atoms with E-state index in [0.717, 1.165) is 24.2 Å². The maximum absolute atomic E-state index is 12.6. The SMILES string of the molecule is CC(NC(CN(C)C)C(C)C)c1ccc(C(F)(F)F)cc1. The van der Waals surface area contributed by atoms with Crippen LogP contribution in [0, 0.1) is 5.92 Å². The molecule has 0 spiro atoms. The second kappa shape index (κ2) is 7.27. The molecule has 5 heteroatoms. The van der Waals surface area contributed by atoms with Gasteiger partial charge >= 0.3 is 6.18 Å². The summed E-state index contributed by atoms with van der Waals surface area (Å²) in [7, 11) is 4.03. The number of likely N-dealkylation sites (N-methyl/N-ethyl adjacent to an activating group) is 1. The Morgan fingerprint density at radius 3 is 1.95 bits per heavy atom. The van der Waals surface area contributed by atoms with Crippen LogP contribution in [0.25, 0.3) is 0 Å². The topological polar surface area (TPSA) is 15.3 Å². The lowest BCUT2D eigenvalue weighted by Crippen LogP contribution is -2.43. The van der Waals surface area contributed by atoms with Gasteiger partial charge in [-0.25, -0.2) is 0 Å². The van der Waals surface area contributed by atoms with E-state index in [0.29, 0.717) is 5.92 Å². The second-order valence-electron chi connectivity index (χ2n) is 6.12. The molecule has 2 atom stereocenters. The van der Waals surface area contributed by atoms with Gasteiger partial charge in [-0.2, -0.15) is 13.2 Å². The number of rotatable bonds is 6. The molecule has 0 aliphatic carbocycles. The molecule has 0 aromatic heterocycles. The molecule has 1 aromatic carbocycles. The molecule has 0 heterocycles. The van der Waals surface area contributed by atoms with Gasteiger partial charge in [0.1, 0.15) is 0 Å². The summed E-state index contributed by atoms with van der Waals surface area (Å²) in [6.07, 6.45) is -4.28. The van der Waals surface area contributed by atoms with Gasteiger partial charge in [0.05, 0.1) is 5.56 Å². The van der Waals surface area contributed by atoms with Crippen LogP contribution in [0.2, 0.25) is 0 Å². The molecule has 1 rings (SSSR count). The van der Waals surface area contributed by atoms with Crippen molar-refractivity contribution in [2.75, 3.05) is 20.6 Å². The molecule has 2 unspecified atom stereocenters. The van der Waals surface area contributed by atoms with Gasteiger partial charge in [0, 0.05) is 18.6 Å². The first-order valence-corrected chi connectivity index (χ1v) is 7.19. The Hall–Kier alpha value is -1.07. The smallest absolute Gasteiger partial charge is 0.308 e. The lowest BCUT2D eigenvalue weighted by molar-refractivity contribution is -0.137. The highest BCUT2D eigenvalue weighted by molar-refractivity contribution is 5.26. The van der Waals surface area contributed by atoms with Crippen molar-refractivity contribution in [3.05, 3.63) is 35.4 Å². The van der Waals surface area contributed by atoms with Crippen LogP contribution < -0.4 is 5.32 Å². The van der Waals surface area contributed by atoms with Crippen molar-refractivity contribution >= 4 is 0 Å². The maximum Gasteiger partial charge on any atom is 0.416 e. The molecular weight excluding hydrogens is 277 g/mol. The number of halogens is 3. The third kappa shape index (κ3) is 5.67. The Labute approximate surface area is 125 Å². The van der Waals surface area contributed by atoms with Crippen molar-refractivity contribution in [3.63, 3.8) is 0 Å². The van der Waals surface area contributed by atoms with Gasteiger partial charge in [0.2, 0.25) is 0 Å². The average molecular weight is 302 g/mol. The maximum atomic E-state index is 12.6. The minimum absolute atomic E-state index is 0.0135. The van der Waals surface area contributed by atoms with E-state index >= 15 is 0 Å². The van der Waals surface area contributed by atoms with Crippen LogP contribution in [0.15, 0.2) is 24.3 Å². The van der Waals surface area contributed by atoms with Gasteiger partial charge in [-0.1, -0.05) is 26.0 Å². The van der Waals surface area contributed by atoms with E-state index in [1.165, 1.54) is 0 Å². The fourth-order valence-corrected chi connectivity index (χ4v) is 2.23. The Kier molecular flexibility index (Phi) is 6.23. The molecule has 0 aliphatic heterocycles. The van der Waals surface area contributed by atoms with E-state index in [4.69, 9.17) is 0 Å². The van der Waals surface area contributed by atoms with E-state index in [-0.39, 0.29) is 12.1 Å². The molecule has 0 fully saturated rings. The van der Waals surface area contributed by atoms with E-state index in [1.807, 2.05) is 21.0 Å². The van der Waals surface area contributed by atoms with Crippen molar-refractivity contribution in [3.8, 4) is 0 Å². The highest BCUT2D eigenvalue weighted by Crippen LogP contribution is 2.30. The molecule has 2 nitrogen and oxygen atoms in total. The summed E-state index contributed by atoms with van der Waals surface area (Å²) >= 11 is 0. The Balaban J connectivity index is 2.76. The number of hydrogen-bond donors (Lipinski definition) is 1. The van der Waals surface area contributed by atoms with Crippen LogP contribution in [0.4, 0.5) is 13.2 Å². The first-order valence-electron chi connectivity index (χ1n) is 7.19. The summed E-state index contributed by atoms with van der Waals surface area (Å²) in [5.74, 6) is 0.448. The summed E-state index contributed by atoms with van der Waals surface area (Å²) < 4.78 is 37.7. The fourth-order valence-electron chi connectivity index (χ4n) is 2.23. The van der Waals surface area contributed by atoms with Gasteiger partial charge < -0.3 is 10.2 Å². The van der Waals surface area contributed by atoms with Crippen LogP contribution >= 0.6 is 0 Å². The number of benzene rings is 1. The molecule has 0 amide bonds. The van der Waals surface area contributed by atoms with Crippen molar-refractivity contribution in [2.24, 2.45) is 5.92 Å². The zero-order chi connectivity index (χ0) is 16.2. The van der Waals surface area contributed by atoms with Crippen molar-refractivity contribution in [1.82, 2.24) is 10.2 Å². The summed E-state index contributed by atoms with van der Waals surface area (Å²) in [5.41, 5.74) is 0.263. The number of nitrogens with zero attached hydrogens (tertiary/aromatic N) is 1. The predicted octanol–water partition coefficient (Wildman–Crippen LogP) is 3.94. The van der Waals surface area contributed by atoms with Gasteiger partial charge in [0.25, 0.3) is 0 Å². The van der Waals surface area contributed by atoms with Crippen molar-refractivity contribution < 1.29 is 13.2 Å². The minimum atomic E-state index is -4.28. The van der Waals surface area contributed by atoms with E-state index in [9.17, 15) is 13.2 Å². The molecule has 0 bridgehead atoms. The normalized spacial score (nSPS) is 15.5. The Morgan fingerprint density at radius 1 is 1.05 bits per heavy atom. The third-order valence-corrected chi connectivity index (χ3v) is 3.57. The van der Waals surface area contributed by atoms with E-state index in [2.05, 4.69) is 24.1 Å². The minimum Gasteiger partial charge on any atom is -0.308 e. The van der Waals surface area contributed by atoms with Gasteiger partial charge in [-0.15, -0.1) is 0 Å². The third-order valence-electron chi connectivity index (χ3n) is 3.57. The van der Waals surface area contributed by atoms with Crippen molar-refractivity contribution in [1.29, 1.82) is 0 Å². The molecule has 0 saturated carbocycles. The van der Waals surface area contributed by atoms with Gasteiger partial charge in [0.15, 0.2) is 0 Å². The van der Waals surface area contributed by atoms with Crippen LogP contribution in [-0.4, -0.2) is 31.6 Å². The lowest BCUT2D eigenvalue weighted by Gasteiger charge is -2.29. The number of nitrogens with one attached hydrogen (secondary N) is 1. The number of alkyl halides is 3. The summed E-state index contributed by atoms with van der Waals surface area (Å²) in [5, 5.41) is 3.50. The van der Waals surface area contributed by atoms with Crippen LogP contribution in [-0.2, 0) is 6.18 Å². The van der Waals surface area contributed by atoms with E-state index < -0.39 is 11.7 Å². The quantitative estimate of drug-likeness (QED) is 0.856. The summed E-state index contributed by atoms with van der Waals surface area (Å²) in [4.78, 5) is 2.11. The first-order chi connectivity index (χ1) is 9.61. The highest BCUT2D eigenvalue weighted by atomic mass is 19.4. The molecule has 1 aromatic rings. The zero-order valence-electron chi connectivity index (χ0n) is 13.3. The van der Waals surface area contributed by atoms with Crippen LogP contribution in [0.3, 0.4) is 0 Å². The number of hydrogen-bond acceptors (Lipinski definition) is 2. The standard InChI is InChI=1S/C16H25F3N2/c1-11(2)15(10-21(4)5)20-12(3)13-6-8-14(9-7-13)16(17,18)19/h6-9,11-12,15,20H,10H2,1-5H3. The zero-order valence-corrected chi connectivity index (χ0v) is 13.3. The second-order valence-corrected chi connectivity index (χ2v) is 6.12. The molecule has 120 valence electrons. The van der Waals surface area contributed by atoms with Crippen LogP contribution in [0.5, 0.6) is 0 Å². The molecule has 0 saturated heterocycles. The summed E-state index contributed by atoms with van der Waals surface area (Å²) in [6.45, 7) is 7.15. The molecular formula is C16H25F3N2. The molecule has 21 heavy (non-hydrogen) atoms. The average Bonchev–Trinajstić information content (AvgIpc) is 2.36. The highest BCUT2D eigenvalue weighted by Gasteiger charge is 2.30. The first kappa shape index (κ1) is 18.0. The molecule has 1 N–H and O–H groups in total. The largest absolute Gasteiger partial charge is 0.416 e. The molecule has 0 radical (unpaired) electrons. The Morgan fingerprint density at radius 2 is 1.57 bits per heavy atom. The monoisotopic (exact) mass is 302 g/mol. The lowest BCUT2D eigenvalue weighted by atomic mass is 10.00. The Bertz CT molecular complexity index is 424. The van der Waals surface area contributed by atoms with E-state index in [1.54, 1.807) is 12.1 Å². The van der Waals surface area contributed by atoms with Crippen LogP contribution in [0.1, 0.15) is 37.9 Å². The fraction of sp³-hybridized carbons (Fsp3) is 0.625. The van der Waals surface area contributed by atoms with Gasteiger partial charge in [-0.3, -0.25) is 0 Å². The predicted molar refractivity (Wildman–Crippen MR) is 80.2 cm³/mol. The summed E-state index contributed by atoms with van der Waals surface area (Å²) in [6, 6.07) is 5.69. The van der Waals surface area contributed by atoms with Crippen molar-refractivity contribution in [2.45, 2.75) is 39.0 Å².